The molecule has 1 N–H and O–H groups in total. The van der Waals surface area contributed by atoms with Crippen LogP contribution in [0.1, 0.15) is 19.8 Å². The summed E-state index contributed by atoms with van der Waals surface area (Å²) in [6, 6.07) is 0. The van der Waals surface area contributed by atoms with Crippen molar-refractivity contribution in [1.82, 2.24) is 9.97 Å². The standard InChI is InChI=1S/C13H22N4O/c1-3-15-12-8-14-9-13(16-12)17(2)6-7-18-10-11-4-5-11/h8-9,11H,3-7,10H2,1-2H3,(H,15,16). The molecule has 18 heavy (non-hydrogen) atoms. The van der Waals surface area contributed by atoms with Crippen molar-refractivity contribution in [2.45, 2.75) is 19.8 Å². The zero-order valence-corrected chi connectivity index (χ0v) is 11.2. The first kappa shape index (κ1) is 13.1. The molecule has 5 nitrogen and oxygen atoms in total. The van der Waals surface area contributed by atoms with E-state index in [1.54, 1.807) is 12.4 Å². The summed E-state index contributed by atoms with van der Waals surface area (Å²) in [4.78, 5) is 10.7. The second-order valence-corrected chi connectivity index (χ2v) is 4.73. The number of likely N-dealkylation sites (N-methyl/N-ethyl adjacent to an activating group) is 1. The fourth-order valence-corrected chi connectivity index (χ4v) is 1.66. The summed E-state index contributed by atoms with van der Waals surface area (Å²) in [6.07, 6.45) is 6.20. The molecular weight excluding hydrogens is 228 g/mol. The van der Waals surface area contributed by atoms with Crippen molar-refractivity contribution >= 4 is 11.6 Å². The average Bonchev–Trinajstić information content (AvgIpc) is 3.19. The highest BCUT2D eigenvalue weighted by Gasteiger charge is 2.20. The molecule has 0 unspecified atom stereocenters. The fourth-order valence-electron chi connectivity index (χ4n) is 1.66. The predicted molar refractivity (Wildman–Crippen MR) is 73.0 cm³/mol. The quantitative estimate of drug-likeness (QED) is 0.713. The van der Waals surface area contributed by atoms with Gasteiger partial charge in [0.05, 0.1) is 19.0 Å². The number of aromatic nitrogens is 2. The molecule has 1 heterocycles. The van der Waals surface area contributed by atoms with Crippen LogP contribution in [0.5, 0.6) is 0 Å². The van der Waals surface area contributed by atoms with Gasteiger partial charge in [0.2, 0.25) is 0 Å². The Balaban J connectivity index is 1.75. The Bertz CT molecular complexity index is 368. The zero-order chi connectivity index (χ0) is 12.8. The molecule has 0 radical (unpaired) electrons. The van der Waals surface area contributed by atoms with Crippen LogP contribution in [-0.4, -0.2) is 43.3 Å². The Labute approximate surface area is 109 Å². The van der Waals surface area contributed by atoms with Gasteiger partial charge in [0.25, 0.3) is 0 Å². The molecule has 2 rings (SSSR count). The van der Waals surface area contributed by atoms with E-state index in [0.29, 0.717) is 0 Å². The largest absolute Gasteiger partial charge is 0.379 e. The Kier molecular flexibility index (Phi) is 4.75. The smallest absolute Gasteiger partial charge is 0.149 e. The van der Waals surface area contributed by atoms with E-state index in [1.807, 2.05) is 14.0 Å². The Morgan fingerprint density at radius 1 is 1.44 bits per heavy atom. The highest BCUT2D eigenvalue weighted by Crippen LogP contribution is 2.28. The number of ether oxygens (including phenoxy) is 1. The van der Waals surface area contributed by atoms with Crippen molar-refractivity contribution < 1.29 is 4.74 Å². The van der Waals surface area contributed by atoms with Crippen LogP contribution in [0, 0.1) is 5.92 Å². The molecule has 0 saturated heterocycles. The van der Waals surface area contributed by atoms with Gasteiger partial charge in [0.15, 0.2) is 0 Å². The third-order valence-electron chi connectivity index (χ3n) is 2.99. The van der Waals surface area contributed by atoms with Crippen LogP contribution in [0.4, 0.5) is 11.6 Å². The molecule has 100 valence electrons. The van der Waals surface area contributed by atoms with Gasteiger partial charge in [-0.05, 0) is 25.7 Å². The molecule has 0 aliphatic heterocycles. The third-order valence-corrected chi connectivity index (χ3v) is 2.99. The molecule has 0 aromatic carbocycles. The minimum absolute atomic E-state index is 0.750. The molecule has 1 aromatic heterocycles. The lowest BCUT2D eigenvalue weighted by Gasteiger charge is -2.18. The second kappa shape index (κ2) is 6.54. The Hall–Kier alpha value is -1.36. The van der Waals surface area contributed by atoms with Crippen LogP contribution in [0.15, 0.2) is 12.4 Å². The van der Waals surface area contributed by atoms with E-state index < -0.39 is 0 Å². The first-order valence-corrected chi connectivity index (χ1v) is 6.64. The van der Waals surface area contributed by atoms with E-state index in [4.69, 9.17) is 4.74 Å². The first-order chi connectivity index (χ1) is 8.79. The summed E-state index contributed by atoms with van der Waals surface area (Å²) >= 11 is 0. The summed E-state index contributed by atoms with van der Waals surface area (Å²) < 4.78 is 5.62. The van der Waals surface area contributed by atoms with E-state index in [2.05, 4.69) is 20.2 Å². The zero-order valence-electron chi connectivity index (χ0n) is 11.2. The fraction of sp³-hybridized carbons (Fsp3) is 0.692. The number of rotatable bonds is 8. The van der Waals surface area contributed by atoms with Crippen LogP contribution in [0.3, 0.4) is 0 Å². The maximum absolute atomic E-state index is 5.62. The molecule has 1 saturated carbocycles. The normalized spacial score (nSPS) is 14.6. The van der Waals surface area contributed by atoms with Gasteiger partial charge >= 0.3 is 0 Å². The molecule has 1 aliphatic rings. The lowest BCUT2D eigenvalue weighted by molar-refractivity contribution is 0.131. The maximum Gasteiger partial charge on any atom is 0.149 e. The number of hydrogen-bond donors (Lipinski definition) is 1. The molecule has 1 aliphatic carbocycles. The second-order valence-electron chi connectivity index (χ2n) is 4.73. The molecule has 0 amide bonds. The summed E-state index contributed by atoms with van der Waals surface area (Å²) in [5.41, 5.74) is 0. The first-order valence-electron chi connectivity index (χ1n) is 6.64. The van der Waals surface area contributed by atoms with Gasteiger partial charge in [0.1, 0.15) is 11.6 Å². The monoisotopic (exact) mass is 250 g/mol. The molecule has 0 spiro atoms. The summed E-state index contributed by atoms with van der Waals surface area (Å²) in [5, 5.41) is 3.16. The topological polar surface area (TPSA) is 50.3 Å². The van der Waals surface area contributed by atoms with Crippen molar-refractivity contribution in [3.05, 3.63) is 12.4 Å². The van der Waals surface area contributed by atoms with E-state index in [-0.39, 0.29) is 0 Å². The van der Waals surface area contributed by atoms with Crippen LogP contribution in [0.2, 0.25) is 0 Å². The molecular formula is C13H22N4O. The number of nitrogens with zero attached hydrogens (tertiary/aromatic N) is 3. The van der Waals surface area contributed by atoms with Crippen molar-refractivity contribution in [3.63, 3.8) is 0 Å². The van der Waals surface area contributed by atoms with Crippen LogP contribution >= 0.6 is 0 Å². The van der Waals surface area contributed by atoms with Gasteiger partial charge in [-0.1, -0.05) is 0 Å². The Morgan fingerprint density at radius 2 is 2.28 bits per heavy atom. The van der Waals surface area contributed by atoms with Crippen LogP contribution in [0.25, 0.3) is 0 Å². The molecule has 1 fully saturated rings. The van der Waals surface area contributed by atoms with Crippen LogP contribution in [-0.2, 0) is 4.74 Å². The van der Waals surface area contributed by atoms with E-state index in [1.165, 1.54) is 12.8 Å². The van der Waals surface area contributed by atoms with Gasteiger partial charge in [-0.2, -0.15) is 0 Å². The van der Waals surface area contributed by atoms with E-state index >= 15 is 0 Å². The summed E-state index contributed by atoms with van der Waals surface area (Å²) in [7, 11) is 2.01. The van der Waals surface area contributed by atoms with Gasteiger partial charge < -0.3 is 15.0 Å². The van der Waals surface area contributed by atoms with Crippen molar-refractivity contribution in [1.29, 1.82) is 0 Å². The Morgan fingerprint density at radius 3 is 3.00 bits per heavy atom. The van der Waals surface area contributed by atoms with E-state index in [9.17, 15) is 0 Å². The minimum Gasteiger partial charge on any atom is -0.379 e. The highest BCUT2D eigenvalue weighted by molar-refractivity contribution is 5.42. The highest BCUT2D eigenvalue weighted by atomic mass is 16.5. The predicted octanol–water partition coefficient (Wildman–Crippen LogP) is 1.77. The van der Waals surface area contributed by atoms with Crippen molar-refractivity contribution in [2.75, 3.05) is 43.6 Å². The molecule has 5 heteroatoms. The third kappa shape index (κ3) is 4.14. The van der Waals surface area contributed by atoms with E-state index in [0.717, 1.165) is 43.9 Å². The number of nitrogens with one attached hydrogen (secondary N) is 1. The van der Waals surface area contributed by atoms with Gasteiger partial charge in [-0.25, -0.2) is 4.98 Å². The SMILES string of the molecule is CCNc1cncc(N(C)CCOCC2CC2)n1. The average molecular weight is 250 g/mol. The van der Waals surface area contributed by atoms with Gasteiger partial charge in [0, 0.05) is 26.7 Å². The number of anilines is 2. The lowest BCUT2D eigenvalue weighted by Crippen LogP contribution is -2.24. The molecule has 0 atom stereocenters. The van der Waals surface area contributed by atoms with Gasteiger partial charge in [-0.15, -0.1) is 0 Å². The molecule has 1 aromatic rings. The van der Waals surface area contributed by atoms with Gasteiger partial charge in [-0.3, -0.25) is 4.98 Å². The summed E-state index contributed by atoms with van der Waals surface area (Å²) in [5.74, 6) is 2.52. The molecule has 0 bridgehead atoms. The number of hydrogen-bond acceptors (Lipinski definition) is 5. The van der Waals surface area contributed by atoms with Crippen molar-refractivity contribution in [3.8, 4) is 0 Å². The summed E-state index contributed by atoms with van der Waals surface area (Å²) in [6.45, 7) is 5.41. The lowest BCUT2D eigenvalue weighted by atomic mass is 10.4. The minimum atomic E-state index is 0.750. The maximum atomic E-state index is 5.62. The van der Waals surface area contributed by atoms with Crippen LogP contribution < -0.4 is 10.2 Å². The van der Waals surface area contributed by atoms with Crippen molar-refractivity contribution in [2.24, 2.45) is 5.92 Å².